The zero-order chi connectivity index (χ0) is 4.99. The van der Waals surface area contributed by atoms with E-state index >= 15 is 0 Å². The molecule has 0 aliphatic heterocycles. The standard InChI is InChI=1S/C4H3Cl2/c1-2-4(6)3-5/h2H,1H2. The van der Waals surface area contributed by atoms with Crippen LogP contribution in [-0.2, 0) is 0 Å². The maximum Gasteiger partial charge on any atom is 0.0793 e. The van der Waals surface area contributed by atoms with Gasteiger partial charge in [-0.1, -0.05) is 29.8 Å². The molecule has 0 aromatic carbocycles. The number of rotatable bonds is 1. The molecule has 0 aromatic heterocycles. The SMILES string of the molecule is C=C/C(Cl)=[C]\Cl. The summed E-state index contributed by atoms with van der Waals surface area (Å²) < 4.78 is 0. The van der Waals surface area contributed by atoms with Crippen molar-refractivity contribution >= 4 is 23.2 Å². The van der Waals surface area contributed by atoms with E-state index in [-0.39, 0.29) is 0 Å². The lowest BCUT2D eigenvalue weighted by atomic mass is 10.6. The highest BCUT2D eigenvalue weighted by Crippen LogP contribution is 2.00. The van der Waals surface area contributed by atoms with Crippen LogP contribution in [0, 0.1) is 5.54 Å². The van der Waals surface area contributed by atoms with Gasteiger partial charge in [0.15, 0.2) is 0 Å². The topological polar surface area (TPSA) is 0 Å². The minimum atomic E-state index is 0.344. The Labute approximate surface area is 47.1 Å². The van der Waals surface area contributed by atoms with Crippen molar-refractivity contribution < 1.29 is 0 Å². The minimum Gasteiger partial charge on any atom is -0.0975 e. The maximum atomic E-state index is 5.21. The summed E-state index contributed by atoms with van der Waals surface area (Å²) in [5.41, 5.74) is 2.15. The Morgan fingerprint density at radius 1 is 1.83 bits per heavy atom. The fourth-order valence-corrected chi connectivity index (χ4v) is 0.116. The summed E-state index contributed by atoms with van der Waals surface area (Å²) in [6.45, 7) is 3.32. The molecule has 0 heterocycles. The molecule has 0 aliphatic rings. The average Bonchev–Trinajstić information content (AvgIpc) is 1.65. The van der Waals surface area contributed by atoms with Gasteiger partial charge in [0.1, 0.15) is 0 Å². The number of hydrogen-bond acceptors (Lipinski definition) is 0. The van der Waals surface area contributed by atoms with Crippen molar-refractivity contribution in [3.63, 3.8) is 0 Å². The van der Waals surface area contributed by atoms with Crippen molar-refractivity contribution in [1.82, 2.24) is 0 Å². The molecule has 6 heavy (non-hydrogen) atoms. The van der Waals surface area contributed by atoms with E-state index < -0.39 is 0 Å². The molecule has 0 saturated heterocycles. The van der Waals surface area contributed by atoms with Gasteiger partial charge < -0.3 is 0 Å². The summed E-state index contributed by atoms with van der Waals surface area (Å²) in [5, 5.41) is 0.344. The van der Waals surface area contributed by atoms with E-state index in [0.29, 0.717) is 5.03 Å². The molecule has 0 N–H and O–H groups in total. The molecule has 0 spiro atoms. The van der Waals surface area contributed by atoms with E-state index in [9.17, 15) is 0 Å². The molecule has 0 nitrogen and oxygen atoms in total. The monoisotopic (exact) mass is 121 g/mol. The van der Waals surface area contributed by atoms with Crippen LogP contribution in [0.1, 0.15) is 0 Å². The summed E-state index contributed by atoms with van der Waals surface area (Å²) in [6, 6.07) is 0. The number of halogens is 2. The summed E-state index contributed by atoms with van der Waals surface area (Å²) in [4.78, 5) is 0. The van der Waals surface area contributed by atoms with Gasteiger partial charge in [0.2, 0.25) is 0 Å². The van der Waals surface area contributed by atoms with Crippen LogP contribution in [0.5, 0.6) is 0 Å². The molecule has 0 rings (SSSR count). The van der Waals surface area contributed by atoms with Crippen LogP contribution in [0.15, 0.2) is 17.7 Å². The minimum absolute atomic E-state index is 0.344. The molecule has 0 atom stereocenters. The molecule has 0 aromatic rings. The van der Waals surface area contributed by atoms with Gasteiger partial charge in [0.05, 0.1) is 10.6 Å². The second kappa shape index (κ2) is 3.26. The Morgan fingerprint density at radius 2 is 2.33 bits per heavy atom. The van der Waals surface area contributed by atoms with Crippen molar-refractivity contribution in [1.29, 1.82) is 0 Å². The van der Waals surface area contributed by atoms with Crippen molar-refractivity contribution in [3.05, 3.63) is 23.2 Å². The van der Waals surface area contributed by atoms with Crippen molar-refractivity contribution in [2.45, 2.75) is 0 Å². The quantitative estimate of drug-likeness (QED) is 0.468. The van der Waals surface area contributed by atoms with E-state index in [2.05, 4.69) is 12.1 Å². The molecule has 0 amide bonds. The second-order valence-corrected chi connectivity index (χ2v) is 1.24. The third kappa shape index (κ3) is 2.31. The number of hydrogen-bond donors (Lipinski definition) is 0. The van der Waals surface area contributed by atoms with Gasteiger partial charge in [-0.3, -0.25) is 0 Å². The molecular formula is C4H3Cl2. The molecular weight excluding hydrogens is 119 g/mol. The van der Waals surface area contributed by atoms with Gasteiger partial charge in [-0.25, -0.2) is 0 Å². The van der Waals surface area contributed by atoms with Gasteiger partial charge in [0.25, 0.3) is 0 Å². The highest BCUT2D eigenvalue weighted by Gasteiger charge is 1.73. The van der Waals surface area contributed by atoms with Crippen LogP contribution in [0.25, 0.3) is 0 Å². The maximum absolute atomic E-state index is 5.21. The Balaban J connectivity index is 3.50. The molecule has 0 fully saturated rings. The molecule has 0 unspecified atom stereocenters. The van der Waals surface area contributed by atoms with Crippen LogP contribution >= 0.6 is 23.2 Å². The van der Waals surface area contributed by atoms with Crippen molar-refractivity contribution in [3.8, 4) is 0 Å². The molecule has 0 aliphatic carbocycles. The Kier molecular flexibility index (Phi) is 3.29. The predicted octanol–water partition coefficient (Wildman–Crippen LogP) is 2.29. The van der Waals surface area contributed by atoms with Crippen LogP contribution in [0.3, 0.4) is 0 Å². The lowest BCUT2D eigenvalue weighted by molar-refractivity contribution is 1.96. The van der Waals surface area contributed by atoms with E-state index in [1.807, 2.05) is 0 Å². The van der Waals surface area contributed by atoms with Crippen LogP contribution in [0.4, 0.5) is 0 Å². The third-order valence-electron chi connectivity index (χ3n) is 0.269. The van der Waals surface area contributed by atoms with Crippen molar-refractivity contribution in [2.24, 2.45) is 0 Å². The summed E-state index contributed by atoms with van der Waals surface area (Å²) in [5.74, 6) is 0. The van der Waals surface area contributed by atoms with E-state index in [1.54, 1.807) is 0 Å². The average molecular weight is 122 g/mol. The first-order chi connectivity index (χ1) is 2.81. The predicted molar refractivity (Wildman–Crippen MR) is 28.7 cm³/mol. The first-order valence-electron chi connectivity index (χ1n) is 1.32. The Morgan fingerprint density at radius 3 is 2.33 bits per heavy atom. The summed E-state index contributed by atoms with van der Waals surface area (Å²) in [6.07, 6.45) is 1.41. The fourth-order valence-electron chi connectivity index (χ4n) is 0.0386. The zero-order valence-corrected chi connectivity index (χ0v) is 4.55. The molecule has 33 valence electrons. The molecule has 1 radical (unpaired) electrons. The smallest absolute Gasteiger partial charge is 0.0793 e. The highest BCUT2D eigenvalue weighted by atomic mass is 35.5. The lowest BCUT2D eigenvalue weighted by Crippen LogP contribution is -1.49. The molecule has 0 saturated carbocycles. The normalized spacial score (nSPS) is 11.3. The van der Waals surface area contributed by atoms with Gasteiger partial charge in [-0.05, 0) is 6.08 Å². The Hall–Kier alpha value is 0.0600. The van der Waals surface area contributed by atoms with Crippen molar-refractivity contribution in [2.75, 3.05) is 0 Å². The van der Waals surface area contributed by atoms with Gasteiger partial charge in [0, 0.05) is 0 Å². The first kappa shape index (κ1) is 6.06. The molecule has 2 heteroatoms. The summed E-state index contributed by atoms with van der Waals surface area (Å²) in [7, 11) is 0. The lowest BCUT2D eigenvalue weighted by Gasteiger charge is -1.71. The third-order valence-corrected chi connectivity index (χ3v) is 0.819. The van der Waals surface area contributed by atoms with Gasteiger partial charge in [-0.2, -0.15) is 0 Å². The van der Waals surface area contributed by atoms with Crippen LogP contribution in [-0.4, -0.2) is 0 Å². The van der Waals surface area contributed by atoms with Crippen LogP contribution < -0.4 is 0 Å². The largest absolute Gasteiger partial charge is 0.0975 e. The number of allylic oxidation sites excluding steroid dienone is 2. The molecule has 0 bridgehead atoms. The van der Waals surface area contributed by atoms with E-state index in [1.165, 1.54) is 6.08 Å². The van der Waals surface area contributed by atoms with Gasteiger partial charge in [-0.15, -0.1) is 0 Å². The van der Waals surface area contributed by atoms with Crippen LogP contribution in [0.2, 0.25) is 0 Å². The summed E-state index contributed by atoms with van der Waals surface area (Å²) >= 11 is 10.2. The first-order valence-corrected chi connectivity index (χ1v) is 2.08. The second-order valence-electron chi connectivity index (χ2n) is 0.647. The Bertz CT molecular complexity index is 73.6. The fraction of sp³-hybridized carbons (Fsp3) is 0. The highest BCUT2D eigenvalue weighted by molar-refractivity contribution is 6.35. The van der Waals surface area contributed by atoms with Gasteiger partial charge >= 0.3 is 0 Å². The zero-order valence-electron chi connectivity index (χ0n) is 3.04. The van der Waals surface area contributed by atoms with E-state index in [4.69, 9.17) is 23.2 Å². The van der Waals surface area contributed by atoms with E-state index in [0.717, 1.165) is 0 Å².